The summed E-state index contributed by atoms with van der Waals surface area (Å²) in [7, 11) is -7.61. The Labute approximate surface area is 264 Å². The Kier molecular flexibility index (Phi) is 9.21. The number of hydrogen-bond donors (Lipinski definition) is 0. The van der Waals surface area contributed by atoms with Crippen LogP contribution in [0.15, 0.2) is 110 Å². The average molecular weight is 667 g/mol. The highest BCUT2D eigenvalue weighted by atomic mass is 32.2. The molecule has 238 valence electrons. The predicted octanol–water partition coefficient (Wildman–Crippen LogP) is 4.58. The zero-order chi connectivity index (χ0) is 33.1. The van der Waals surface area contributed by atoms with Crippen molar-refractivity contribution in [1.82, 2.24) is 5.16 Å². The van der Waals surface area contributed by atoms with E-state index in [-0.39, 0.29) is 34.3 Å². The summed E-state index contributed by atoms with van der Waals surface area (Å²) in [6.45, 7) is 1.46. The van der Waals surface area contributed by atoms with Crippen molar-refractivity contribution >= 4 is 42.9 Å². The van der Waals surface area contributed by atoms with E-state index in [0.29, 0.717) is 11.1 Å². The van der Waals surface area contributed by atoms with Crippen LogP contribution in [0, 0.1) is 11.0 Å². The minimum Gasteiger partial charge on any atom is -0.461 e. The lowest BCUT2D eigenvalue weighted by Crippen LogP contribution is -2.30. The monoisotopic (exact) mass is 666 g/mol. The predicted molar refractivity (Wildman–Crippen MR) is 164 cm³/mol. The molecule has 1 aromatic heterocycles. The number of ether oxygens (including phenoxy) is 2. The van der Waals surface area contributed by atoms with Gasteiger partial charge in [0.2, 0.25) is 0 Å². The lowest BCUT2D eigenvalue weighted by molar-refractivity contribution is -0.832. The van der Waals surface area contributed by atoms with Gasteiger partial charge < -0.3 is 14.7 Å². The Morgan fingerprint density at radius 2 is 1.65 bits per heavy atom. The van der Waals surface area contributed by atoms with E-state index in [1.807, 2.05) is 13.0 Å². The molecule has 4 aromatic rings. The van der Waals surface area contributed by atoms with Crippen LogP contribution in [0.25, 0.3) is 17.2 Å². The van der Waals surface area contributed by atoms with E-state index in [1.165, 1.54) is 60.7 Å². The van der Waals surface area contributed by atoms with Crippen molar-refractivity contribution in [2.75, 3.05) is 19.5 Å². The SMILES string of the molecule is CC1=C(CC(=O)OC/C=C\COc2no[n+]([O-])c2S(=O)(=O)c2ccccc2)c2cc(F)ccc2/C1=C\c1ccc(S(C)(=O)=O)cc1. The highest BCUT2D eigenvalue weighted by Gasteiger charge is 2.35. The molecule has 3 aromatic carbocycles. The third-order valence-electron chi connectivity index (χ3n) is 7.07. The number of allylic oxidation sites excluding steroid dienone is 2. The van der Waals surface area contributed by atoms with E-state index in [4.69, 9.17) is 9.47 Å². The molecular weight excluding hydrogens is 639 g/mol. The fraction of sp³-hybridized carbons (Fsp3) is 0.156. The second-order valence-corrected chi connectivity index (χ2v) is 14.1. The molecule has 0 radical (unpaired) electrons. The first-order valence-corrected chi connectivity index (χ1v) is 17.1. The topological polar surface area (TPSA) is 157 Å². The van der Waals surface area contributed by atoms with Gasteiger partial charge in [-0.05, 0) is 99.9 Å². The van der Waals surface area contributed by atoms with E-state index >= 15 is 0 Å². The number of nitrogens with zero attached hydrogens (tertiary/aromatic N) is 2. The van der Waals surface area contributed by atoms with Gasteiger partial charge in [0, 0.05) is 6.26 Å². The summed E-state index contributed by atoms with van der Waals surface area (Å²) in [5, 5.41) is 14.6. The molecule has 11 nitrogen and oxygen atoms in total. The third-order valence-corrected chi connectivity index (χ3v) is 9.93. The maximum Gasteiger partial charge on any atom is 0.415 e. The Balaban J connectivity index is 1.22. The van der Waals surface area contributed by atoms with Crippen LogP contribution < -0.4 is 9.64 Å². The number of fused-ring (bicyclic) bond motifs is 1. The van der Waals surface area contributed by atoms with Crippen molar-refractivity contribution in [3.8, 4) is 5.88 Å². The minimum absolute atomic E-state index is 0.139. The molecule has 0 saturated heterocycles. The van der Waals surface area contributed by atoms with Crippen molar-refractivity contribution in [1.29, 1.82) is 0 Å². The molecule has 0 saturated carbocycles. The number of aromatic nitrogens is 2. The standard InChI is InChI=1S/C32H27FN2O9S2/c1-21-27(18-22-10-13-24(14-11-22)45(2,38)39)26-15-12-23(33)19-29(26)28(21)20-30(36)42-16-6-7-17-43-31-32(35(37)44-34-31)46(40,41)25-8-4-3-5-9-25/h3-15,18-19H,16-17,20H2,1-2H3/b7-6-,27-18-. The lowest BCUT2D eigenvalue weighted by Gasteiger charge is -2.06. The van der Waals surface area contributed by atoms with Crippen LogP contribution in [0.4, 0.5) is 4.39 Å². The maximum absolute atomic E-state index is 14.2. The summed E-state index contributed by atoms with van der Waals surface area (Å²) in [6, 6.07) is 17.9. The van der Waals surface area contributed by atoms with Gasteiger partial charge in [0.15, 0.2) is 9.84 Å². The number of esters is 1. The number of carbonyl (C=O) groups is 1. The first kappa shape index (κ1) is 32.3. The molecule has 0 fully saturated rings. The Hall–Kier alpha value is -5.08. The molecule has 1 aliphatic carbocycles. The van der Waals surface area contributed by atoms with Crippen LogP contribution >= 0.6 is 0 Å². The summed E-state index contributed by atoms with van der Waals surface area (Å²) in [6.07, 6.45) is 5.74. The zero-order valence-electron chi connectivity index (χ0n) is 24.5. The van der Waals surface area contributed by atoms with E-state index in [2.05, 4.69) is 9.79 Å². The molecule has 14 heteroatoms. The number of halogens is 1. The van der Waals surface area contributed by atoms with Crippen molar-refractivity contribution in [2.45, 2.75) is 28.2 Å². The van der Waals surface area contributed by atoms with E-state index in [1.54, 1.807) is 24.3 Å². The number of benzene rings is 3. The summed E-state index contributed by atoms with van der Waals surface area (Å²) < 4.78 is 78.6. The van der Waals surface area contributed by atoms with Crippen molar-refractivity contribution in [3.05, 3.63) is 118 Å². The molecule has 0 atom stereocenters. The normalized spacial score (nSPS) is 14.2. The highest BCUT2D eigenvalue weighted by Crippen LogP contribution is 2.44. The Morgan fingerprint density at radius 3 is 2.35 bits per heavy atom. The average Bonchev–Trinajstić information content (AvgIpc) is 3.51. The molecule has 1 aliphatic rings. The van der Waals surface area contributed by atoms with Gasteiger partial charge in [-0.1, -0.05) is 36.4 Å². The van der Waals surface area contributed by atoms with Crippen LogP contribution in [-0.4, -0.2) is 47.4 Å². The smallest absolute Gasteiger partial charge is 0.415 e. The second-order valence-electron chi connectivity index (χ2n) is 10.2. The molecule has 1 heterocycles. The molecule has 5 rings (SSSR count). The van der Waals surface area contributed by atoms with Crippen LogP contribution in [0.3, 0.4) is 0 Å². The second kappa shape index (κ2) is 13.1. The fourth-order valence-corrected chi connectivity index (χ4v) is 6.72. The molecule has 0 N–H and O–H groups in total. The van der Waals surface area contributed by atoms with Gasteiger partial charge in [-0.25, -0.2) is 21.2 Å². The summed E-state index contributed by atoms with van der Waals surface area (Å²) in [5.41, 5.74) is 4.12. The van der Waals surface area contributed by atoms with Gasteiger partial charge in [-0.2, -0.15) is 0 Å². The van der Waals surface area contributed by atoms with E-state index in [0.717, 1.165) is 28.5 Å². The molecular formula is C32H27FN2O9S2. The highest BCUT2D eigenvalue weighted by molar-refractivity contribution is 7.91. The Morgan fingerprint density at radius 1 is 0.957 bits per heavy atom. The number of sulfone groups is 2. The van der Waals surface area contributed by atoms with Gasteiger partial charge in [-0.3, -0.25) is 9.42 Å². The quantitative estimate of drug-likeness (QED) is 0.126. The van der Waals surface area contributed by atoms with Gasteiger partial charge in [0.1, 0.15) is 19.0 Å². The maximum atomic E-state index is 14.2. The molecule has 0 aliphatic heterocycles. The number of rotatable bonds is 11. The first-order valence-electron chi connectivity index (χ1n) is 13.7. The van der Waals surface area contributed by atoms with E-state index in [9.17, 15) is 31.2 Å². The van der Waals surface area contributed by atoms with Crippen LogP contribution in [0.2, 0.25) is 0 Å². The zero-order valence-corrected chi connectivity index (χ0v) is 26.2. The summed E-state index contributed by atoms with van der Waals surface area (Å²) >= 11 is 0. The first-order chi connectivity index (χ1) is 21.9. The van der Waals surface area contributed by atoms with Gasteiger partial charge in [-0.15, -0.1) is 0 Å². The Bertz CT molecular complexity index is 2100. The largest absolute Gasteiger partial charge is 0.461 e. The number of hydrogen-bond acceptors (Lipinski definition) is 10. The van der Waals surface area contributed by atoms with Crippen LogP contribution in [0.1, 0.15) is 30.0 Å². The molecule has 0 spiro atoms. The number of carbonyl (C=O) groups excluding carboxylic acids is 1. The fourth-order valence-electron chi connectivity index (χ4n) is 4.80. The lowest BCUT2D eigenvalue weighted by atomic mass is 10.0. The van der Waals surface area contributed by atoms with E-state index < -0.39 is 42.4 Å². The van der Waals surface area contributed by atoms with Gasteiger partial charge in [0.25, 0.3) is 9.84 Å². The summed E-state index contributed by atoms with van der Waals surface area (Å²) in [5.74, 6) is -1.56. The minimum atomic E-state index is -4.26. The molecule has 0 unspecified atom stereocenters. The van der Waals surface area contributed by atoms with Crippen LogP contribution in [0.5, 0.6) is 5.88 Å². The molecule has 0 amide bonds. The summed E-state index contributed by atoms with van der Waals surface area (Å²) in [4.78, 5) is 12.6. The third kappa shape index (κ3) is 6.92. The van der Waals surface area contributed by atoms with Crippen molar-refractivity contribution in [2.24, 2.45) is 0 Å². The van der Waals surface area contributed by atoms with Gasteiger partial charge in [0.05, 0.1) is 21.4 Å². The van der Waals surface area contributed by atoms with Crippen molar-refractivity contribution < 1.29 is 45.0 Å². The van der Waals surface area contributed by atoms with Crippen molar-refractivity contribution in [3.63, 3.8) is 0 Å². The molecule has 46 heavy (non-hydrogen) atoms. The van der Waals surface area contributed by atoms with Crippen LogP contribution in [-0.2, 0) is 29.2 Å². The van der Waals surface area contributed by atoms with Gasteiger partial charge >= 0.3 is 16.9 Å². The molecule has 0 bridgehead atoms.